The molecule has 0 saturated heterocycles. The predicted molar refractivity (Wildman–Crippen MR) is 83.1 cm³/mol. The monoisotopic (exact) mass is 377 g/mol. The molecule has 7 nitrogen and oxygen atoms in total. The summed E-state index contributed by atoms with van der Waals surface area (Å²) in [6, 6.07) is 3.28. The van der Waals surface area contributed by atoms with Crippen LogP contribution in [0.5, 0.6) is 5.75 Å². The van der Waals surface area contributed by atoms with Crippen molar-refractivity contribution in [2.45, 2.75) is 6.18 Å². The van der Waals surface area contributed by atoms with Gasteiger partial charge >= 0.3 is 12.1 Å². The van der Waals surface area contributed by atoms with E-state index >= 15 is 0 Å². The Morgan fingerprint density at radius 2 is 1.85 bits per heavy atom. The molecule has 0 aliphatic heterocycles. The molecule has 0 spiro atoms. The molecule has 0 aliphatic rings. The molecule has 142 valence electrons. The van der Waals surface area contributed by atoms with Crippen molar-refractivity contribution in [3.8, 4) is 5.75 Å². The van der Waals surface area contributed by atoms with E-state index in [1.54, 1.807) is 0 Å². The zero-order valence-corrected chi connectivity index (χ0v) is 13.7. The van der Waals surface area contributed by atoms with Crippen LogP contribution in [0.2, 0.25) is 0 Å². The van der Waals surface area contributed by atoms with Crippen molar-refractivity contribution in [1.82, 2.24) is 0 Å². The number of ether oxygens (including phenoxy) is 2. The molecule has 0 radical (unpaired) electrons. The van der Waals surface area contributed by atoms with Gasteiger partial charge in [0.2, 0.25) is 5.78 Å². The number of esters is 1. The van der Waals surface area contributed by atoms with Gasteiger partial charge in [-0.2, -0.15) is 13.2 Å². The summed E-state index contributed by atoms with van der Waals surface area (Å²) < 4.78 is 61.2. The molecule has 0 saturated carbocycles. The summed E-state index contributed by atoms with van der Waals surface area (Å²) in [5.74, 6) is -4.25. The van der Waals surface area contributed by atoms with Gasteiger partial charge in [-0.1, -0.05) is 0 Å². The number of amidine groups is 1. The quantitative estimate of drug-likeness (QED) is 0.193. The minimum Gasteiger partial charge on any atom is -0.497 e. The summed E-state index contributed by atoms with van der Waals surface area (Å²) in [7, 11) is 2.32. The lowest BCUT2D eigenvalue weighted by Crippen LogP contribution is -2.33. The number of carbonyl (C=O) groups is 2. The number of alkyl halides is 3. The second-order valence-corrected chi connectivity index (χ2v) is 4.74. The largest absolute Gasteiger partial charge is 0.497 e. The summed E-state index contributed by atoms with van der Waals surface area (Å²) in [5, 5.41) is 0. The predicted octanol–water partition coefficient (Wildman–Crippen LogP) is 1.32. The van der Waals surface area contributed by atoms with Crippen LogP contribution in [0.1, 0.15) is 10.4 Å². The highest BCUT2D eigenvalue weighted by Gasteiger charge is 2.38. The second-order valence-electron chi connectivity index (χ2n) is 4.74. The first-order valence-corrected chi connectivity index (χ1v) is 6.86. The van der Waals surface area contributed by atoms with Crippen molar-refractivity contribution >= 4 is 17.6 Å². The Labute approximate surface area is 145 Å². The Morgan fingerprint density at radius 3 is 2.31 bits per heavy atom. The topological polar surface area (TPSA) is 117 Å². The lowest BCUT2D eigenvalue weighted by molar-refractivity contribution is -0.138. The maximum atomic E-state index is 13.8. The number of aliphatic imine (C=N–C) groups is 1. The van der Waals surface area contributed by atoms with Gasteiger partial charge in [-0.15, -0.1) is 0 Å². The number of benzene rings is 1. The van der Waals surface area contributed by atoms with E-state index < -0.39 is 53.0 Å². The van der Waals surface area contributed by atoms with Gasteiger partial charge in [-0.25, -0.2) is 9.18 Å². The van der Waals surface area contributed by atoms with E-state index in [-0.39, 0.29) is 5.75 Å². The first kappa shape index (κ1) is 20.9. The van der Waals surface area contributed by atoms with Gasteiger partial charge in [0.15, 0.2) is 6.61 Å². The van der Waals surface area contributed by atoms with Crippen LogP contribution in [-0.4, -0.2) is 44.5 Å². The SMILES string of the molecule is CN=C(N)C(C(=O)OCC(=O)c1ccc(OC)cc1F)=C(N)C(F)(F)F. The third kappa shape index (κ3) is 4.94. The number of carbonyl (C=O) groups excluding carboxylic acids is 2. The molecule has 0 amide bonds. The summed E-state index contributed by atoms with van der Waals surface area (Å²) in [6.07, 6.45) is -5.07. The zero-order chi connectivity index (χ0) is 20.1. The van der Waals surface area contributed by atoms with E-state index in [9.17, 15) is 27.2 Å². The molecule has 0 aliphatic carbocycles. The van der Waals surface area contributed by atoms with Crippen molar-refractivity contribution in [1.29, 1.82) is 0 Å². The van der Waals surface area contributed by atoms with Gasteiger partial charge < -0.3 is 20.9 Å². The smallest absolute Gasteiger partial charge is 0.431 e. The molecule has 1 aromatic carbocycles. The number of nitrogens with zero attached hydrogens (tertiary/aromatic N) is 1. The minimum absolute atomic E-state index is 0.145. The molecule has 4 N–H and O–H groups in total. The molecule has 0 atom stereocenters. The second kappa shape index (κ2) is 8.32. The van der Waals surface area contributed by atoms with Crippen LogP contribution < -0.4 is 16.2 Å². The molecular weight excluding hydrogens is 362 g/mol. The molecule has 0 aromatic heterocycles. The van der Waals surface area contributed by atoms with Gasteiger partial charge in [0, 0.05) is 13.1 Å². The first-order valence-electron chi connectivity index (χ1n) is 6.86. The summed E-state index contributed by atoms with van der Waals surface area (Å²) >= 11 is 0. The molecule has 26 heavy (non-hydrogen) atoms. The van der Waals surface area contributed by atoms with Crippen LogP contribution in [0.25, 0.3) is 0 Å². The first-order chi connectivity index (χ1) is 12.0. The van der Waals surface area contributed by atoms with E-state index in [0.717, 1.165) is 19.2 Å². The van der Waals surface area contributed by atoms with E-state index in [1.807, 2.05) is 0 Å². The number of hydrogen-bond donors (Lipinski definition) is 2. The Kier molecular flexibility index (Phi) is 6.70. The molecule has 0 unspecified atom stereocenters. The fourth-order valence-corrected chi connectivity index (χ4v) is 1.74. The summed E-state index contributed by atoms with van der Waals surface area (Å²) in [6.45, 7) is -1.03. The van der Waals surface area contributed by atoms with E-state index in [0.29, 0.717) is 0 Å². The number of ketones is 1. The molecule has 1 rings (SSSR count). The fraction of sp³-hybridized carbons (Fsp3) is 0.267. The fourth-order valence-electron chi connectivity index (χ4n) is 1.74. The van der Waals surface area contributed by atoms with Crippen molar-refractivity contribution in [3.05, 3.63) is 40.8 Å². The van der Waals surface area contributed by atoms with Gasteiger partial charge in [0.1, 0.15) is 28.7 Å². The highest BCUT2D eigenvalue weighted by Crippen LogP contribution is 2.25. The Balaban J connectivity index is 3.00. The Hall–Kier alpha value is -3.11. The summed E-state index contributed by atoms with van der Waals surface area (Å²) in [5.41, 5.74) is 6.62. The Morgan fingerprint density at radius 1 is 1.23 bits per heavy atom. The number of Topliss-reactive ketones (excluding diaryl/α,β-unsaturated/α-hetero) is 1. The average molecular weight is 377 g/mol. The van der Waals surface area contributed by atoms with Crippen LogP contribution >= 0.6 is 0 Å². The van der Waals surface area contributed by atoms with Crippen LogP contribution in [0, 0.1) is 5.82 Å². The van der Waals surface area contributed by atoms with Gasteiger partial charge in [-0.05, 0) is 12.1 Å². The number of nitrogens with two attached hydrogens (primary N) is 2. The van der Waals surface area contributed by atoms with Gasteiger partial charge in [0.05, 0.1) is 12.7 Å². The van der Waals surface area contributed by atoms with Gasteiger partial charge in [-0.3, -0.25) is 9.79 Å². The van der Waals surface area contributed by atoms with Crippen molar-refractivity contribution in [2.75, 3.05) is 20.8 Å². The highest BCUT2D eigenvalue weighted by atomic mass is 19.4. The van der Waals surface area contributed by atoms with E-state index in [2.05, 4.69) is 9.73 Å². The zero-order valence-electron chi connectivity index (χ0n) is 13.7. The van der Waals surface area contributed by atoms with Crippen LogP contribution in [0.15, 0.2) is 34.5 Å². The molecule has 11 heteroatoms. The van der Waals surface area contributed by atoms with E-state index in [1.165, 1.54) is 13.2 Å². The molecule has 0 bridgehead atoms. The van der Waals surface area contributed by atoms with Crippen molar-refractivity contribution in [3.63, 3.8) is 0 Å². The maximum absolute atomic E-state index is 13.8. The highest BCUT2D eigenvalue weighted by molar-refractivity contribution is 6.19. The van der Waals surface area contributed by atoms with Crippen molar-refractivity contribution in [2.24, 2.45) is 16.5 Å². The lowest BCUT2D eigenvalue weighted by Gasteiger charge is -2.13. The molecular formula is C15H15F4N3O4. The number of hydrogen-bond acceptors (Lipinski definition) is 6. The number of halogens is 4. The van der Waals surface area contributed by atoms with Gasteiger partial charge in [0.25, 0.3) is 0 Å². The normalized spacial score (nSPS) is 13.1. The summed E-state index contributed by atoms with van der Waals surface area (Å²) in [4.78, 5) is 27.0. The van der Waals surface area contributed by atoms with Crippen LogP contribution in [0.4, 0.5) is 17.6 Å². The Bertz CT molecular complexity index is 773. The molecule has 0 heterocycles. The number of methoxy groups -OCH3 is 1. The standard InChI is InChI=1S/C15H15F4N3O4/c1-22-13(21)11(12(20)15(17,18)19)14(24)26-6-10(23)8-4-3-7(25-2)5-9(8)16/h3-5H,6,20H2,1-2H3,(H2,21,22). The molecule has 1 aromatic rings. The number of rotatable bonds is 6. The maximum Gasteiger partial charge on any atom is 0.431 e. The minimum atomic E-state index is -5.07. The van der Waals surface area contributed by atoms with Crippen LogP contribution in [0.3, 0.4) is 0 Å². The lowest BCUT2D eigenvalue weighted by atomic mass is 10.1. The number of allylic oxidation sites excluding steroid dienone is 1. The van der Waals surface area contributed by atoms with Crippen LogP contribution in [-0.2, 0) is 9.53 Å². The third-order valence-electron chi connectivity index (χ3n) is 3.09. The molecule has 0 fully saturated rings. The van der Waals surface area contributed by atoms with Crippen molar-refractivity contribution < 1.29 is 36.6 Å². The van der Waals surface area contributed by atoms with E-state index in [4.69, 9.17) is 16.2 Å². The third-order valence-corrected chi connectivity index (χ3v) is 3.09. The average Bonchev–Trinajstić information content (AvgIpc) is 2.58.